The van der Waals surface area contributed by atoms with Crippen molar-refractivity contribution in [2.75, 3.05) is 21.2 Å². The van der Waals surface area contributed by atoms with Crippen molar-refractivity contribution in [3.05, 3.63) is 33.3 Å². The summed E-state index contributed by atoms with van der Waals surface area (Å²) in [5, 5.41) is 0.894. The van der Waals surface area contributed by atoms with E-state index in [0.717, 1.165) is 0 Å². The summed E-state index contributed by atoms with van der Waals surface area (Å²) in [4.78, 5) is 13.6. The fraction of sp³-hybridized carbons (Fsp3) is 0.308. The van der Waals surface area contributed by atoms with Gasteiger partial charge in [0.25, 0.3) is 0 Å². The highest BCUT2D eigenvalue weighted by atomic mass is 35.5. The summed E-state index contributed by atoms with van der Waals surface area (Å²) < 4.78 is 10.5. The maximum absolute atomic E-state index is 11.8. The average molecular weight is 302 g/mol. The van der Waals surface area contributed by atoms with Crippen LogP contribution in [-0.2, 0) is 9.53 Å². The van der Waals surface area contributed by atoms with Crippen molar-refractivity contribution in [3.63, 3.8) is 0 Å². The minimum atomic E-state index is -0.543. The van der Waals surface area contributed by atoms with Crippen LogP contribution >= 0.6 is 23.2 Å². The van der Waals surface area contributed by atoms with E-state index in [-0.39, 0.29) is 0 Å². The third kappa shape index (κ3) is 2.71. The topological polar surface area (TPSA) is 38.8 Å². The highest BCUT2D eigenvalue weighted by molar-refractivity contribution is 6.36. The van der Waals surface area contributed by atoms with E-state index in [1.54, 1.807) is 37.2 Å². The Morgan fingerprint density at radius 2 is 2.05 bits per heavy atom. The monoisotopic (exact) mass is 301 g/mol. The van der Waals surface area contributed by atoms with Crippen LogP contribution in [0.4, 0.5) is 0 Å². The molecule has 19 heavy (non-hydrogen) atoms. The molecule has 2 rings (SSSR count). The lowest BCUT2D eigenvalue weighted by Gasteiger charge is -2.31. The molecule has 0 amide bonds. The fourth-order valence-corrected chi connectivity index (χ4v) is 2.44. The molecule has 0 N–H and O–H groups in total. The maximum atomic E-state index is 11.8. The molecule has 1 atom stereocenters. The Balaban J connectivity index is 2.56. The molecular formula is C13H13Cl2NO3. The molecule has 1 aromatic carbocycles. The van der Waals surface area contributed by atoms with E-state index in [9.17, 15) is 4.79 Å². The third-order valence-electron chi connectivity index (χ3n) is 2.73. The number of benzene rings is 1. The number of fused-ring (bicyclic) bond motifs is 1. The number of carbonyl (C=O) groups is 1. The molecule has 1 aromatic rings. The lowest BCUT2D eigenvalue weighted by atomic mass is 10.0. The molecule has 6 heteroatoms. The Kier molecular flexibility index (Phi) is 4.04. The number of carbonyl (C=O) groups excluding carboxylic acids is 1. The second-order valence-corrected chi connectivity index (χ2v) is 5.17. The number of nitrogens with zero attached hydrogens (tertiary/aromatic N) is 1. The van der Waals surface area contributed by atoms with Crippen molar-refractivity contribution in [3.8, 4) is 5.75 Å². The van der Waals surface area contributed by atoms with Gasteiger partial charge >= 0.3 is 5.97 Å². The standard InChI is InChI=1S/C13H13Cl2NO3/c1-16(2)12-9(13(17)18-3)5-7-4-8(14)6-10(15)11(7)19-12/h4-6,12H,1-3H3. The number of methoxy groups -OCH3 is 1. The van der Waals surface area contributed by atoms with E-state index in [0.29, 0.717) is 26.9 Å². The first-order chi connectivity index (χ1) is 8.93. The zero-order valence-electron chi connectivity index (χ0n) is 10.7. The molecule has 1 heterocycles. The van der Waals surface area contributed by atoms with E-state index in [1.165, 1.54) is 7.11 Å². The summed E-state index contributed by atoms with van der Waals surface area (Å²) in [6.45, 7) is 0. The van der Waals surface area contributed by atoms with Crippen LogP contribution in [0.3, 0.4) is 0 Å². The second kappa shape index (κ2) is 5.41. The summed E-state index contributed by atoms with van der Waals surface area (Å²) in [6, 6.07) is 3.29. The lowest BCUT2D eigenvalue weighted by molar-refractivity contribution is -0.138. The first-order valence-electron chi connectivity index (χ1n) is 5.56. The van der Waals surface area contributed by atoms with Crippen LogP contribution < -0.4 is 4.74 Å². The Morgan fingerprint density at radius 1 is 1.37 bits per heavy atom. The van der Waals surface area contributed by atoms with E-state index in [1.807, 2.05) is 0 Å². The number of esters is 1. The van der Waals surface area contributed by atoms with Crippen LogP contribution in [-0.4, -0.2) is 38.3 Å². The van der Waals surface area contributed by atoms with Gasteiger partial charge in [-0.2, -0.15) is 0 Å². The third-order valence-corrected chi connectivity index (χ3v) is 3.23. The zero-order valence-corrected chi connectivity index (χ0v) is 12.2. The molecule has 4 nitrogen and oxygen atoms in total. The van der Waals surface area contributed by atoms with Gasteiger partial charge in [0.15, 0.2) is 6.23 Å². The first kappa shape index (κ1) is 14.2. The molecule has 0 spiro atoms. The van der Waals surface area contributed by atoms with E-state index < -0.39 is 12.2 Å². The molecular weight excluding hydrogens is 289 g/mol. The SMILES string of the molecule is COC(=O)C1=Cc2cc(Cl)cc(Cl)c2OC1N(C)C. The predicted octanol–water partition coefficient (Wildman–Crippen LogP) is 2.83. The van der Waals surface area contributed by atoms with Gasteiger partial charge in [-0.25, -0.2) is 4.79 Å². The molecule has 0 aliphatic carbocycles. The summed E-state index contributed by atoms with van der Waals surface area (Å²) in [5.74, 6) is 0.0675. The Labute approximate surface area is 121 Å². The largest absolute Gasteiger partial charge is 0.468 e. The number of hydrogen-bond acceptors (Lipinski definition) is 4. The second-order valence-electron chi connectivity index (χ2n) is 4.33. The number of rotatable bonds is 2. The van der Waals surface area contributed by atoms with Gasteiger partial charge in [-0.1, -0.05) is 23.2 Å². The van der Waals surface area contributed by atoms with Crippen molar-refractivity contribution < 1.29 is 14.3 Å². The van der Waals surface area contributed by atoms with Crippen molar-refractivity contribution in [2.45, 2.75) is 6.23 Å². The van der Waals surface area contributed by atoms with Gasteiger partial charge in [-0.15, -0.1) is 0 Å². The van der Waals surface area contributed by atoms with Crippen LogP contribution in [0.15, 0.2) is 17.7 Å². The fourth-order valence-electron chi connectivity index (χ4n) is 1.89. The smallest absolute Gasteiger partial charge is 0.338 e. The lowest BCUT2D eigenvalue weighted by Crippen LogP contribution is -2.39. The van der Waals surface area contributed by atoms with Crippen molar-refractivity contribution in [1.82, 2.24) is 4.90 Å². The normalized spacial score (nSPS) is 17.6. The maximum Gasteiger partial charge on any atom is 0.338 e. The number of hydrogen-bond donors (Lipinski definition) is 0. The minimum absolute atomic E-state index is 0.401. The van der Waals surface area contributed by atoms with Crippen LogP contribution in [0, 0.1) is 0 Å². The van der Waals surface area contributed by atoms with E-state index >= 15 is 0 Å². The minimum Gasteiger partial charge on any atom is -0.468 e. The van der Waals surface area contributed by atoms with E-state index in [2.05, 4.69) is 0 Å². The van der Waals surface area contributed by atoms with Crippen LogP contribution in [0.25, 0.3) is 6.08 Å². The van der Waals surface area contributed by atoms with E-state index in [4.69, 9.17) is 32.7 Å². The van der Waals surface area contributed by atoms with Gasteiger partial charge in [0, 0.05) is 10.6 Å². The Bertz CT molecular complexity index is 555. The van der Waals surface area contributed by atoms with Crippen molar-refractivity contribution in [1.29, 1.82) is 0 Å². The van der Waals surface area contributed by atoms with Crippen LogP contribution in [0.2, 0.25) is 10.0 Å². The number of ether oxygens (including phenoxy) is 2. The Hall–Kier alpha value is -1.23. The average Bonchev–Trinajstić information content (AvgIpc) is 2.36. The number of likely N-dealkylation sites (N-methyl/N-ethyl adjacent to an activating group) is 1. The molecule has 1 aliphatic rings. The molecule has 0 fully saturated rings. The molecule has 0 saturated carbocycles. The quantitative estimate of drug-likeness (QED) is 0.788. The molecule has 0 aromatic heterocycles. The van der Waals surface area contributed by atoms with Gasteiger partial charge in [-0.05, 0) is 32.3 Å². The predicted molar refractivity (Wildman–Crippen MR) is 74.6 cm³/mol. The van der Waals surface area contributed by atoms with Gasteiger partial charge in [0.1, 0.15) is 5.75 Å². The molecule has 0 radical (unpaired) electrons. The summed E-state index contributed by atoms with van der Waals surface area (Å²) >= 11 is 12.1. The summed E-state index contributed by atoms with van der Waals surface area (Å²) in [7, 11) is 4.93. The molecule has 102 valence electrons. The number of halogens is 2. The van der Waals surface area contributed by atoms with Gasteiger partial charge in [0.05, 0.1) is 17.7 Å². The molecule has 0 bridgehead atoms. The zero-order chi connectivity index (χ0) is 14.2. The molecule has 1 aliphatic heterocycles. The van der Waals surface area contributed by atoms with Gasteiger partial charge in [-0.3, -0.25) is 4.90 Å². The highest BCUT2D eigenvalue weighted by Gasteiger charge is 2.31. The Morgan fingerprint density at radius 3 is 2.63 bits per heavy atom. The van der Waals surface area contributed by atoms with Crippen LogP contribution in [0.1, 0.15) is 5.56 Å². The van der Waals surface area contributed by atoms with Gasteiger partial charge < -0.3 is 9.47 Å². The van der Waals surface area contributed by atoms with Crippen LogP contribution in [0.5, 0.6) is 5.75 Å². The van der Waals surface area contributed by atoms with Crippen molar-refractivity contribution >= 4 is 35.2 Å². The molecule has 0 saturated heterocycles. The summed E-state index contributed by atoms with van der Waals surface area (Å²) in [6.07, 6.45) is 1.14. The van der Waals surface area contributed by atoms with Gasteiger partial charge in [0.2, 0.25) is 0 Å². The first-order valence-corrected chi connectivity index (χ1v) is 6.31. The highest BCUT2D eigenvalue weighted by Crippen LogP contribution is 2.38. The van der Waals surface area contributed by atoms with Crippen molar-refractivity contribution in [2.24, 2.45) is 0 Å². The molecule has 1 unspecified atom stereocenters. The summed E-state index contributed by atoms with van der Waals surface area (Å²) in [5.41, 5.74) is 1.06.